The summed E-state index contributed by atoms with van der Waals surface area (Å²) in [6.45, 7) is 0.306. The topological polar surface area (TPSA) is 33.2 Å². The van der Waals surface area contributed by atoms with Gasteiger partial charge < -0.3 is 4.90 Å². The Kier molecular flexibility index (Phi) is 4.32. The minimum atomic E-state index is -0.267. The molecule has 0 atom stereocenters. The van der Waals surface area contributed by atoms with Crippen molar-refractivity contribution in [3.8, 4) is 0 Å². The smallest absolute Gasteiger partial charge is 0.247 e. The minimum Gasteiger partial charge on any atom is -0.332 e. The van der Waals surface area contributed by atoms with Crippen LogP contribution in [0.3, 0.4) is 0 Å². The molecule has 3 aromatic rings. The molecule has 1 amide bonds. The average molecular weight is 352 g/mol. The summed E-state index contributed by atoms with van der Waals surface area (Å²) in [6.07, 6.45) is 5.27. The molecule has 0 N–H and O–H groups in total. The van der Waals surface area contributed by atoms with Crippen LogP contribution in [0, 0.1) is 5.82 Å². The summed E-state index contributed by atoms with van der Waals surface area (Å²) in [6, 6.07) is 14.7. The van der Waals surface area contributed by atoms with Crippen molar-refractivity contribution in [2.24, 2.45) is 0 Å². The normalized spacial score (nSPS) is 14.3. The molecule has 1 fully saturated rings. The van der Waals surface area contributed by atoms with Gasteiger partial charge >= 0.3 is 0 Å². The van der Waals surface area contributed by atoms with E-state index in [2.05, 4.69) is 4.98 Å². The molecule has 2 aromatic carbocycles. The zero-order valence-corrected chi connectivity index (χ0v) is 14.4. The van der Waals surface area contributed by atoms with Crippen molar-refractivity contribution >= 4 is 33.5 Å². The van der Waals surface area contributed by atoms with Crippen LogP contribution in [0.2, 0.25) is 0 Å². The number of thiazole rings is 1. The molecular weight excluding hydrogens is 335 g/mol. The van der Waals surface area contributed by atoms with E-state index < -0.39 is 0 Å². The van der Waals surface area contributed by atoms with E-state index in [9.17, 15) is 9.18 Å². The number of carbonyl (C=O) groups excluding carboxylic acids is 1. The Hall–Kier alpha value is -2.53. The quantitative estimate of drug-likeness (QED) is 0.627. The van der Waals surface area contributed by atoms with Gasteiger partial charge in [0.1, 0.15) is 10.8 Å². The highest BCUT2D eigenvalue weighted by Gasteiger charge is 2.32. The van der Waals surface area contributed by atoms with Crippen LogP contribution < -0.4 is 0 Å². The van der Waals surface area contributed by atoms with E-state index >= 15 is 0 Å². The minimum absolute atomic E-state index is 0.0926. The molecule has 0 unspecified atom stereocenters. The van der Waals surface area contributed by atoms with Crippen LogP contribution >= 0.6 is 11.3 Å². The standard InChI is InChI=1S/C20H17FN2OS/c21-16-6-2-1-5-14(16)13-23(15-9-10-15)20(24)12-11-19-22-17-7-3-4-8-18(17)25-19/h1-8,11-12,15H,9-10,13H2/b12-11+. The van der Waals surface area contributed by atoms with Gasteiger partial charge in [0.05, 0.1) is 10.2 Å². The van der Waals surface area contributed by atoms with Crippen molar-refractivity contribution in [2.75, 3.05) is 0 Å². The van der Waals surface area contributed by atoms with Gasteiger partial charge in [-0.1, -0.05) is 30.3 Å². The highest BCUT2D eigenvalue weighted by molar-refractivity contribution is 7.19. The molecule has 4 rings (SSSR count). The number of hydrogen-bond acceptors (Lipinski definition) is 3. The number of halogens is 1. The maximum Gasteiger partial charge on any atom is 0.247 e. The molecule has 126 valence electrons. The van der Waals surface area contributed by atoms with Gasteiger partial charge in [-0.05, 0) is 37.1 Å². The zero-order valence-electron chi connectivity index (χ0n) is 13.6. The van der Waals surface area contributed by atoms with Crippen molar-refractivity contribution < 1.29 is 9.18 Å². The van der Waals surface area contributed by atoms with E-state index in [4.69, 9.17) is 0 Å². The Labute approximate surface area is 149 Å². The molecule has 25 heavy (non-hydrogen) atoms. The summed E-state index contributed by atoms with van der Waals surface area (Å²) < 4.78 is 15.0. The van der Waals surface area contributed by atoms with E-state index in [1.807, 2.05) is 24.3 Å². The first-order valence-electron chi connectivity index (χ1n) is 8.28. The summed E-state index contributed by atoms with van der Waals surface area (Å²) in [5, 5.41) is 0.802. The number of rotatable bonds is 5. The molecule has 0 saturated heterocycles. The molecule has 0 spiro atoms. The molecule has 1 heterocycles. The second-order valence-corrected chi connectivity index (χ2v) is 7.20. The lowest BCUT2D eigenvalue weighted by atomic mass is 10.2. The summed E-state index contributed by atoms with van der Waals surface area (Å²) in [7, 11) is 0. The van der Waals surface area contributed by atoms with E-state index in [-0.39, 0.29) is 17.8 Å². The lowest BCUT2D eigenvalue weighted by Crippen LogP contribution is -2.31. The number of hydrogen-bond donors (Lipinski definition) is 0. The van der Waals surface area contributed by atoms with Gasteiger partial charge in [0.2, 0.25) is 5.91 Å². The highest BCUT2D eigenvalue weighted by Crippen LogP contribution is 2.29. The summed E-state index contributed by atoms with van der Waals surface area (Å²) in [4.78, 5) is 18.9. The van der Waals surface area contributed by atoms with Crippen LogP contribution in [0.1, 0.15) is 23.4 Å². The molecule has 1 saturated carbocycles. The van der Waals surface area contributed by atoms with Crippen molar-refractivity contribution in [1.29, 1.82) is 0 Å². The van der Waals surface area contributed by atoms with Gasteiger partial charge in [-0.3, -0.25) is 4.79 Å². The Morgan fingerprint density at radius 2 is 1.96 bits per heavy atom. The third-order valence-electron chi connectivity index (χ3n) is 4.25. The fourth-order valence-electron chi connectivity index (χ4n) is 2.78. The van der Waals surface area contributed by atoms with Crippen molar-refractivity contribution in [2.45, 2.75) is 25.4 Å². The van der Waals surface area contributed by atoms with Gasteiger partial charge in [-0.15, -0.1) is 11.3 Å². The monoisotopic (exact) mass is 352 g/mol. The van der Waals surface area contributed by atoms with Gasteiger partial charge in [0.25, 0.3) is 0 Å². The Morgan fingerprint density at radius 3 is 2.72 bits per heavy atom. The Bertz CT molecular complexity index is 913. The number of carbonyl (C=O) groups is 1. The number of benzene rings is 2. The lowest BCUT2D eigenvalue weighted by Gasteiger charge is -2.21. The van der Waals surface area contributed by atoms with Gasteiger partial charge in [-0.2, -0.15) is 0 Å². The number of para-hydroxylation sites is 1. The van der Waals surface area contributed by atoms with Crippen LogP contribution in [-0.2, 0) is 11.3 Å². The molecule has 5 heteroatoms. The van der Waals surface area contributed by atoms with Crippen LogP contribution in [0.15, 0.2) is 54.6 Å². The molecular formula is C20H17FN2OS. The average Bonchev–Trinajstić information content (AvgIpc) is 3.37. The fraction of sp³-hybridized carbons (Fsp3) is 0.200. The SMILES string of the molecule is O=C(/C=C/c1nc2ccccc2s1)N(Cc1ccccc1F)C1CC1. The summed E-state index contributed by atoms with van der Waals surface area (Å²) in [5.74, 6) is -0.360. The van der Waals surface area contributed by atoms with Gasteiger partial charge in [-0.25, -0.2) is 9.37 Å². The van der Waals surface area contributed by atoms with Crippen LogP contribution in [0.25, 0.3) is 16.3 Å². The largest absolute Gasteiger partial charge is 0.332 e. The first kappa shape index (κ1) is 16.0. The number of aromatic nitrogens is 1. The molecule has 1 aliphatic carbocycles. The lowest BCUT2D eigenvalue weighted by molar-refractivity contribution is -0.127. The first-order chi connectivity index (χ1) is 12.2. The van der Waals surface area contributed by atoms with E-state index in [0.717, 1.165) is 28.1 Å². The van der Waals surface area contributed by atoms with Gasteiger partial charge in [0.15, 0.2) is 0 Å². The molecule has 0 aliphatic heterocycles. The molecule has 0 bridgehead atoms. The summed E-state index contributed by atoms with van der Waals surface area (Å²) in [5.41, 5.74) is 1.49. The third kappa shape index (κ3) is 3.61. The van der Waals surface area contributed by atoms with Crippen LogP contribution in [-0.4, -0.2) is 21.8 Å². The number of amides is 1. The van der Waals surface area contributed by atoms with E-state index in [1.54, 1.807) is 46.6 Å². The Morgan fingerprint density at radius 1 is 1.20 bits per heavy atom. The predicted octanol–water partition coefficient (Wildman–Crippen LogP) is 4.64. The second-order valence-electron chi connectivity index (χ2n) is 6.14. The fourth-order valence-corrected chi connectivity index (χ4v) is 3.65. The molecule has 1 aliphatic rings. The third-order valence-corrected chi connectivity index (χ3v) is 5.25. The highest BCUT2D eigenvalue weighted by atomic mass is 32.1. The van der Waals surface area contributed by atoms with Crippen molar-refractivity contribution in [3.05, 3.63) is 71.0 Å². The van der Waals surface area contributed by atoms with E-state index in [1.165, 1.54) is 6.07 Å². The first-order valence-corrected chi connectivity index (χ1v) is 9.10. The summed E-state index contributed by atoms with van der Waals surface area (Å²) >= 11 is 1.55. The van der Waals surface area contributed by atoms with Gasteiger partial charge in [0, 0.05) is 24.2 Å². The maximum atomic E-state index is 13.9. The molecule has 1 aromatic heterocycles. The molecule has 0 radical (unpaired) electrons. The van der Waals surface area contributed by atoms with Crippen LogP contribution in [0.5, 0.6) is 0 Å². The van der Waals surface area contributed by atoms with Crippen molar-refractivity contribution in [1.82, 2.24) is 9.88 Å². The van der Waals surface area contributed by atoms with E-state index in [0.29, 0.717) is 12.1 Å². The zero-order chi connectivity index (χ0) is 17.2. The van der Waals surface area contributed by atoms with Crippen molar-refractivity contribution in [3.63, 3.8) is 0 Å². The van der Waals surface area contributed by atoms with Crippen LogP contribution in [0.4, 0.5) is 4.39 Å². The maximum absolute atomic E-state index is 13.9. The molecule has 3 nitrogen and oxygen atoms in total. The second kappa shape index (κ2) is 6.76. The predicted molar refractivity (Wildman–Crippen MR) is 98.6 cm³/mol. The Balaban J connectivity index is 1.52. The number of nitrogens with zero attached hydrogens (tertiary/aromatic N) is 2. The number of fused-ring (bicyclic) bond motifs is 1.